The summed E-state index contributed by atoms with van der Waals surface area (Å²) in [4.78, 5) is 11.7. The Morgan fingerprint density at radius 3 is 2.68 bits per heavy atom. The molecule has 0 spiro atoms. The van der Waals surface area contributed by atoms with Gasteiger partial charge in [0.05, 0.1) is 0 Å². The van der Waals surface area contributed by atoms with Crippen molar-refractivity contribution in [3.63, 3.8) is 0 Å². The first-order valence-corrected chi connectivity index (χ1v) is 6.76. The van der Waals surface area contributed by atoms with Gasteiger partial charge in [0.1, 0.15) is 6.04 Å². The minimum atomic E-state index is -0.397. The number of hydrogen-bond donors (Lipinski definition) is 2. The van der Waals surface area contributed by atoms with Gasteiger partial charge in [0, 0.05) is 0 Å². The molecule has 3 rings (SSSR count). The third-order valence-electron chi connectivity index (χ3n) is 3.73. The summed E-state index contributed by atoms with van der Waals surface area (Å²) in [7, 11) is 0. The van der Waals surface area contributed by atoms with Crippen LogP contribution in [0.4, 0.5) is 0 Å². The summed E-state index contributed by atoms with van der Waals surface area (Å²) in [6.45, 7) is 0.872. The van der Waals surface area contributed by atoms with E-state index in [9.17, 15) is 4.79 Å². The zero-order valence-electron chi connectivity index (χ0n) is 10.8. The van der Waals surface area contributed by atoms with Crippen molar-refractivity contribution in [2.75, 3.05) is 6.54 Å². The van der Waals surface area contributed by atoms with Crippen LogP contribution < -0.4 is 11.1 Å². The van der Waals surface area contributed by atoms with Crippen molar-refractivity contribution in [1.29, 1.82) is 0 Å². The second-order valence-electron chi connectivity index (χ2n) is 5.26. The number of nitrogens with one attached hydrogen (secondary N) is 1. The summed E-state index contributed by atoms with van der Waals surface area (Å²) < 4.78 is 0. The van der Waals surface area contributed by atoms with Gasteiger partial charge in [-0.3, -0.25) is 4.79 Å². The highest BCUT2D eigenvalue weighted by atomic mass is 16.1. The number of rotatable bonds is 5. The van der Waals surface area contributed by atoms with Crippen molar-refractivity contribution in [2.24, 2.45) is 11.7 Å². The molecule has 0 radical (unpaired) electrons. The third kappa shape index (κ3) is 2.61. The Kier molecular flexibility index (Phi) is 3.22. The van der Waals surface area contributed by atoms with Crippen LogP contribution in [0, 0.1) is 5.92 Å². The standard InChI is InChI=1S/C16H18N2O/c17-16(19)15(18-10-11-8-9-11)14-7-3-5-12-4-1-2-6-13(12)14/h1-7,11,15,18H,8-10H2,(H2,17,19). The number of nitrogens with two attached hydrogens (primary N) is 1. The average Bonchev–Trinajstić information content (AvgIpc) is 3.23. The van der Waals surface area contributed by atoms with E-state index in [1.165, 1.54) is 12.8 Å². The Labute approximate surface area is 112 Å². The van der Waals surface area contributed by atoms with Crippen LogP contribution in [0.5, 0.6) is 0 Å². The highest BCUT2D eigenvalue weighted by Crippen LogP contribution is 2.29. The van der Waals surface area contributed by atoms with E-state index < -0.39 is 6.04 Å². The molecule has 1 unspecified atom stereocenters. The maximum atomic E-state index is 11.7. The molecule has 2 aromatic carbocycles. The van der Waals surface area contributed by atoms with Gasteiger partial charge in [-0.1, -0.05) is 42.5 Å². The number of benzene rings is 2. The van der Waals surface area contributed by atoms with Gasteiger partial charge in [0.2, 0.25) is 5.91 Å². The SMILES string of the molecule is NC(=O)C(NCC1CC1)c1cccc2ccccc12. The summed E-state index contributed by atoms with van der Waals surface area (Å²) in [5.41, 5.74) is 6.54. The van der Waals surface area contributed by atoms with E-state index in [1.54, 1.807) is 0 Å². The molecule has 1 fully saturated rings. The predicted octanol–water partition coefficient (Wildman–Crippen LogP) is 2.37. The summed E-state index contributed by atoms with van der Waals surface area (Å²) in [5.74, 6) is 0.411. The van der Waals surface area contributed by atoms with E-state index in [1.807, 2.05) is 30.3 Å². The largest absolute Gasteiger partial charge is 0.368 e. The molecule has 3 N–H and O–H groups in total. The van der Waals surface area contributed by atoms with Gasteiger partial charge in [-0.25, -0.2) is 0 Å². The van der Waals surface area contributed by atoms with Crippen molar-refractivity contribution in [1.82, 2.24) is 5.32 Å². The third-order valence-corrected chi connectivity index (χ3v) is 3.73. The van der Waals surface area contributed by atoms with Crippen LogP contribution in [0.25, 0.3) is 10.8 Å². The fourth-order valence-corrected chi connectivity index (χ4v) is 2.47. The second kappa shape index (κ2) is 5.02. The lowest BCUT2D eigenvalue weighted by Crippen LogP contribution is -2.34. The highest BCUT2D eigenvalue weighted by molar-refractivity contribution is 5.92. The lowest BCUT2D eigenvalue weighted by Gasteiger charge is -2.17. The molecule has 2 aromatic rings. The maximum absolute atomic E-state index is 11.7. The molecule has 19 heavy (non-hydrogen) atoms. The topological polar surface area (TPSA) is 55.1 Å². The van der Waals surface area contributed by atoms with Crippen LogP contribution >= 0.6 is 0 Å². The minimum Gasteiger partial charge on any atom is -0.368 e. The first-order chi connectivity index (χ1) is 9.25. The van der Waals surface area contributed by atoms with Gasteiger partial charge in [0.25, 0.3) is 0 Å². The summed E-state index contributed by atoms with van der Waals surface area (Å²) in [5, 5.41) is 5.55. The van der Waals surface area contributed by atoms with Gasteiger partial charge < -0.3 is 11.1 Å². The zero-order chi connectivity index (χ0) is 13.2. The summed E-state index contributed by atoms with van der Waals surface area (Å²) in [6, 6.07) is 13.7. The highest BCUT2D eigenvalue weighted by Gasteiger charge is 2.25. The Balaban J connectivity index is 1.96. The number of primary amides is 1. The molecule has 1 atom stereocenters. The van der Waals surface area contributed by atoms with E-state index in [0.717, 1.165) is 28.8 Å². The molecule has 3 heteroatoms. The Morgan fingerprint density at radius 1 is 1.21 bits per heavy atom. The van der Waals surface area contributed by atoms with E-state index in [-0.39, 0.29) is 5.91 Å². The van der Waals surface area contributed by atoms with E-state index in [4.69, 9.17) is 5.73 Å². The maximum Gasteiger partial charge on any atom is 0.239 e. The molecule has 0 heterocycles. The Morgan fingerprint density at radius 2 is 1.95 bits per heavy atom. The number of fused-ring (bicyclic) bond motifs is 1. The lowest BCUT2D eigenvalue weighted by atomic mass is 9.98. The smallest absolute Gasteiger partial charge is 0.239 e. The second-order valence-corrected chi connectivity index (χ2v) is 5.26. The number of carbonyl (C=O) groups excluding carboxylic acids is 1. The molecule has 1 aliphatic carbocycles. The van der Waals surface area contributed by atoms with Gasteiger partial charge in [-0.05, 0) is 41.6 Å². The van der Waals surface area contributed by atoms with E-state index in [0.29, 0.717) is 0 Å². The lowest BCUT2D eigenvalue weighted by molar-refractivity contribution is -0.120. The number of hydrogen-bond acceptors (Lipinski definition) is 2. The fraction of sp³-hybridized carbons (Fsp3) is 0.312. The van der Waals surface area contributed by atoms with Crippen molar-refractivity contribution >= 4 is 16.7 Å². The van der Waals surface area contributed by atoms with Gasteiger partial charge >= 0.3 is 0 Å². The van der Waals surface area contributed by atoms with E-state index in [2.05, 4.69) is 17.4 Å². The quantitative estimate of drug-likeness (QED) is 0.860. The molecule has 1 saturated carbocycles. The van der Waals surface area contributed by atoms with Crippen molar-refractivity contribution in [3.8, 4) is 0 Å². The molecule has 0 aliphatic heterocycles. The number of carbonyl (C=O) groups is 1. The zero-order valence-corrected chi connectivity index (χ0v) is 10.8. The monoisotopic (exact) mass is 254 g/mol. The minimum absolute atomic E-state index is 0.308. The van der Waals surface area contributed by atoms with Gasteiger partial charge in [0.15, 0.2) is 0 Å². The van der Waals surface area contributed by atoms with Crippen molar-refractivity contribution in [3.05, 3.63) is 48.0 Å². The molecular formula is C16H18N2O. The van der Waals surface area contributed by atoms with Crippen LogP contribution in [-0.2, 0) is 4.79 Å². The molecule has 0 bridgehead atoms. The van der Waals surface area contributed by atoms with Crippen LogP contribution in [0.1, 0.15) is 24.4 Å². The molecule has 0 saturated heterocycles. The fourth-order valence-electron chi connectivity index (χ4n) is 2.47. The number of amides is 1. The molecular weight excluding hydrogens is 236 g/mol. The summed E-state index contributed by atoms with van der Waals surface area (Å²) in [6.07, 6.45) is 2.52. The van der Waals surface area contributed by atoms with Crippen molar-refractivity contribution < 1.29 is 4.79 Å². The Bertz CT molecular complexity index is 599. The molecule has 98 valence electrons. The summed E-state index contributed by atoms with van der Waals surface area (Å²) >= 11 is 0. The first-order valence-electron chi connectivity index (χ1n) is 6.76. The predicted molar refractivity (Wildman–Crippen MR) is 76.6 cm³/mol. The Hall–Kier alpha value is -1.87. The normalized spacial score (nSPS) is 16.4. The van der Waals surface area contributed by atoms with E-state index >= 15 is 0 Å². The molecule has 3 nitrogen and oxygen atoms in total. The van der Waals surface area contributed by atoms with Gasteiger partial charge in [-0.2, -0.15) is 0 Å². The van der Waals surface area contributed by atoms with Crippen LogP contribution in [0.2, 0.25) is 0 Å². The van der Waals surface area contributed by atoms with Gasteiger partial charge in [-0.15, -0.1) is 0 Å². The van der Waals surface area contributed by atoms with Crippen LogP contribution in [0.15, 0.2) is 42.5 Å². The first kappa shape index (κ1) is 12.2. The van der Waals surface area contributed by atoms with Crippen LogP contribution in [-0.4, -0.2) is 12.5 Å². The molecule has 0 aromatic heterocycles. The molecule has 1 amide bonds. The average molecular weight is 254 g/mol. The van der Waals surface area contributed by atoms with Crippen LogP contribution in [0.3, 0.4) is 0 Å². The molecule has 1 aliphatic rings. The van der Waals surface area contributed by atoms with Crippen molar-refractivity contribution in [2.45, 2.75) is 18.9 Å².